The third-order valence-electron chi connectivity index (χ3n) is 7.27. The normalized spacial score (nSPS) is 12.6. The maximum atomic E-state index is 14.2. The summed E-state index contributed by atoms with van der Waals surface area (Å²) in [4.78, 5) is 36.7. The molecule has 5 N–H and O–H groups in total. The number of carboxylic acid groups (broad SMARTS) is 2. The number of rotatable bonds is 13. The fourth-order valence-electron chi connectivity index (χ4n) is 5.43. The molecule has 0 fully saturated rings. The minimum atomic E-state index is -1.22. The van der Waals surface area contributed by atoms with Crippen LogP contribution >= 0.6 is 0 Å². The Kier molecular flexibility index (Phi) is 10.3. The lowest BCUT2D eigenvalue weighted by Crippen LogP contribution is -2.23. The Morgan fingerprint density at radius 1 is 0.841 bits per heavy atom. The van der Waals surface area contributed by atoms with Crippen LogP contribution in [-0.4, -0.2) is 55.0 Å². The maximum absolute atomic E-state index is 14.2. The summed E-state index contributed by atoms with van der Waals surface area (Å²) in [6.45, 7) is 3.81. The summed E-state index contributed by atoms with van der Waals surface area (Å²) in [5.41, 5.74) is 3.87. The van der Waals surface area contributed by atoms with Gasteiger partial charge in [-0.15, -0.1) is 0 Å². The fraction of sp³-hybridized carbons (Fsp3) is 0.265. The number of hydrogen-bond acceptors (Lipinski definition) is 5. The van der Waals surface area contributed by atoms with Crippen molar-refractivity contribution in [3.8, 4) is 22.3 Å². The third kappa shape index (κ3) is 7.58. The van der Waals surface area contributed by atoms with E-state index in [4.69, 9.17) is 5.11 Å². The Morgan fingerprint density at radius 3 is 2.11 bits per heavy atom. The molecule has 0 spiro atoms. The van der Waals surface area contributed by atoms with Crippen LogP contribution < -0.4 is 5.32 Å². The number of nitrogens with one attached hydrogen (secondary N) is 1. The topological polar surface area (TPSA) is 149 Å². The number of amides is 1. The molecule has 4 aromatic rings. The van der Waals surface area contributed by atoms with Gasteiger partial charge >= 0.3 is 11.9 Å². The Morgan fingerprint density at radius 2 is 1.50 bits per heavy atom. The summed E-state index contributed by atoms with van der Waals surface area (Å²) in [6.07, 6.45) is -2.49. The van der Waals surface area contributed by atoms with Crippen molar-refractivity contribution >= 4 is 23.5 Å². The quantitative estimate of drug-likeness (QED) is 0.126. The minimum Gasteiger partial charge on any atom is -0.481 e. The van der Waals surface area contributed by atoms with Crippen LogP contribution in [0, 0.1) is 5.82 Å². The number of carbonyl (C=O) groups is 3. The van der Waals surface area contributed by atoms with Gasteiger partial charge in [-0.2, -0.15) is 0 Å². The fourth-order valence-corrected chi connectivity index (χ4v) is 5.43. The van der Waals surface area contributed by atoms with Gasteiger partial charge in [0.2, 0.25) is 0 Å². The molecule has 0 radical (unpaired) electrons. The maximum Gasteiger partial charge on any atom is 0.335 e. The van der Waals surface area contributed by atoms with Crippen LogP contribution in [0.5, 0.6) is 0 Å². The number of halogens is 1. The molecule has 1 aromatic heterocycles. The lowest BCUT2D eigenvalue weighted by atomic mass is 9.92. The predicted molar refractivity (Wildman–Crippen MR) is 164 cm³/mol. The molecule has 0 saturated carbocycles. The van der Waals surface area contributed by atoms with Crippen LogP contribution in [0.3, 0.4) is 0 Å². The lowest BCUT2D eigenvalue weighted by Gasteiger charge is -2.20. The average molecular weight is 603 g/mol. The van der Waals surface area contributed by atoms with E-state index in [-0.39, 0.29) is 36.6 Å². The largest absolute Gasteiger partial charge is 0.481 e. The van der Waals surface area contributed by atoms with Gasteiger partial charge < -0.3 is 30.3 Å². The van der Waals surface area contributed by atoms with E-state index in [9.17, 15) is 34.1 Å². The first-order chi connectivity index (χ1) is 21.0. The third-order valence-corrected chi connectivity index (χ3v) is 7.27. The molecule has 1 heterocycles. The minimum absolute atomic E-state index is 0.0112. The second-order valence-electron chi connectivity index (χ2n) is 10.9. The van der Waals surface area contributed by atoms with E-state index in [0.717, 1.165) is 0 Å². The molecule has 9 nitrogen and oxygen atoms in total. The first-order valence-corrected chi connectivity index (χ1v) is 14.3. The Labute approximate surface area is 254 Å². The standard InChI is InChI=1S/C34H35FN2O7/c1-20(2)37-28(16-15-26(38)18-27(39)19-29(40)41)30(22-11-13-24(35)14-12-22)31(21-7-4-3-5-8-21)32(37)33(42)36-25-10-6-9-23(17-25)34(43)44/h3-14,17,20,26-27,38-39H,15-16,18-19H2,1-2H3,(H,36,42)(H,40,41)(H,43,44)/t26-,27-/m1/s1. The Balaban J connectivity index is 1.90. The number of hydrogen-bond donors (Lipinski definition) is 5. The zero-order valence-electron chi connectivity index (χ0n) is 24.4. The number of benzene rings is 3. The Bertz CT molecular complexity index is 1630. The second kappa shape index (κ2) is 14.1. The molecule has 230 valence electrons. The van der Waals surface area contributed by atoms with Crippen LogP contribution in [0.2, 0.25) is 0 Å². The molecule has 0 unspecified atom stereocenters. The smallest absolute Gasteiger partial charge is 0.335 e. The highest BCUT2D eigenvalue weighted by atomic mass is 19.1. The van der Waals surface area contributed by atoms with Crippen molar-refractivity contribution in [3.63, 3.8) is 0 Å². The van der Waals surface area contributed by atoms with Crippen molar-refractivity contribution in [3.05, 3.63) is 102 Å². The van der Waals surface area contributed by atoms with Gasteiger partial charge in [0.05, 0.1) is 24.2 Å². The molecule has 2 atom stereocenters. The zero-order valence-corrected chi connectivity index (χ0v) is 24.4. The van der Waals surface area contributed by atoms with E-state index >= 15 is 0 Å². The average Bonchev–Trinajstić information content (AvgIpc) is 3.32. The number of anilines is 1. The molecular weight excluding hydrogens is 567 g/mol. The van der Waals surface area contributed by atoms with E-state index in [0.29, 0.717) is 33.6 Å². The number of aliphatic hydroxyl groups is 2. The number of carboxylic acids is 2. The summed E-state index contributed by atoms with van der Waals surface area (Å²) in [5, 5.41) is 42.1. The Hall–Kier alpha value is -4.80. The molecule has 4 rings (SSSR count). The highest BCUT2D eigenvalue weighted by Crippen LogP contribution is 2.43. The summed E-state index contributed by atoms with van der Waals surface area (Å²) in [7, 11) is 0. The van der Waals surface area contributed by atoms with E-state index < -0.39 is 42.3 Å². The van der Waals surface area contributed by atoms with Crippen LogP contribution in [0.15, 0.2) is 78.9 Å². The molecule has 0 saturated heterocycles. The van der Waals surface area contributed by atoms with Gasteiger partial charge in [0, 0.05) is 28.6 Å². The molecule has 0 aliphatic carbocycles. The van der Waals surface area contributed by atoms with Crippen molar-refractivity contribution < 1.29 is 39.2 Å². The number of aromatic nitrogens is 1. The second-order valence-corrected chi connectivity index (χ2v) is 10.9. The summed E-state index contributed by atoms with van der Waals surface area (Å²) in [6, 6.07) is 20.8. The number of nitrogens with zero attached hydrogens (tertiary/aromatic N) is 1. The van der Waals surface area contributed by atoms with Crippen LogP contribution in [-0.2, 0) is 11.2 Å². The van der Waals surface area contributed by atoms with Crippen molar-refractivity contribution in [1.29, 1.82) is 0 Å². The van der Waals surface area contributed by atoms with Gasteiger partial charge in [-0.25, -0.2) is 9.18 Å². The van der Waals surface area contributed by atoms with E-state index in [2.05, 4.69) is 5.32 Å². The summed E-state index contributed by atoms with van der Waals surface area (Å²) >= 11 is 0. The molecule has 0 aliphatic heterocycles. The summed E-state index contributed by atoms with van der Waals surface area (Å²) in [5.74, 6) is -3.23. The zero-order chi connectivity index (χ0) is 32.0. The lowest BCUT2D eigenvalue weighted by molar-refractivity contribution is -0.139. The molecule has 0 aliphatic rings. The van der Waals surface area contributed by atoms with Crippen molar-refractivity contribution in [2.24, 2.45) is 0 Å². The van der Waals surface area contributed by atoms with Crippen molar-refractivity contribution in [2.45, 2.75) is 57.8 Å². The SMILES string of the molecule is CC(C)n1c(CC[C@@H](O)C[C@@H](O)CC(=O)O)c(-c2ccc(F)cc2)c(-c2ccccc2)c1C(=O)Nc1cccc(C(=O)O)c1. The highest BCUT2D eigenvalue weighted by Gasteiger charge is 2.30. The van der Waals surface area contributed by atoms with Gasteiger partial charge in [-0.05, 0) is 74.6 Å². The number of aliphatic carboxylic acids is 1. The van der Waals surface area contributed by atoms with Gasteiger partial charge in [-0.1, -0.05) is 48.5 Å². The monoisotopic (exact) mass is 602 g/mol. The van der Waals surface area contributed by atoms with E-state index in [1.165, 1.54) is 30.3 Å². The van der Waals surface area contributed by atoms with Crippen LogP contribution in [0.4, 0.5) is 10.1 Å². The van der Waals surface area contributed by atoms with Gasteiger partial charge in [0.15, 0.2) is 0 Å². The molecular formula is C34H35FN2O7. The number of carbonyl (C=O) groups excluding carboxylic acids is 1. The van der Waals surface area contributed by atoms with E-state index in [1.54, 1.807) is 18.2 Å². The number of aromatic carboxylic acids is 1. The molecule has 1 amide bonds. The van der Waals surface area contributed by atoms with Crippen molar-refractivity contribution in [1.82, 2.24) is 4.57 Å². The van der Waals surface area contributed by atoms with Gasteiger partial charge in [-0.3, -0.25) is 9.59 Å². The molecule has 44 heavy (non-hydrogen) atoms. The first-order valence-electron chi connectivity index (χ1n) is 14.3. The molecule has 3 aromatic carbocycles. The van der Waals surface area contributed by atoms with Gasteiger partial charge in [0.1, 0.15) is 11.5 Å². The predicted octanol–water partition coefficient (Wildman–Crippen LogP) is 6.01. The van der Waals surface area contributed by atoms with Crippen molar-refractivity contribution in [2.75, 3.05) is 5.32 Å². The van der Waals surface area contributed by atoms with Crippen LogP contribution in [0.25, 0.3) is 22.3 Å². The first kappa shape index (κ1) is 32.1. The molecule has 0 bridgehead atoms. The number of aliphatic hydroxyl groups excluding tert-OH is 2. The van der Waals surface area contributed by atoms with Gasteiger partial charge in [0.25, 0.3) is 5.91 Å². The summed E-state index contributed by atoms with van der Waals surface area (Å²) < 4.78 is 15.9. The van der Waals surface area contributed by atoms with E-state index in [1.807, 2.05) is 48.7 Å². The highest BCUT2D eigenvalue weighted by molar-refractivity contribution is 6.11. The molecule has 10 heteroatoms. The van der Waals surface area contributed by atoms with Crippen LogP contribution in [0.1, 0.15) is 65.7 Å².